The van der Waals surface area contributed by atoms with Crippen LogP contribution in [0.2, 0.25) is 0 Å². The Morgan fingerprint density at radius 3 is 3.21 bits per heavy atom. The van der Waals surface area contributed by atoms with E-state index in [0.29, 0.717) is 31.1 Å². The normalized spacial score (nSPS) is 20.6. The summed E-state index contributed by atoms with van der Waals surface area (Å²) in [5.41, 5.74) is 6.99. The molecule has 3 N–H and O–H groups in total. The van der Waals surface area contributed by atoms with Crippen molar-refractivity contribution in [3.63, 3.8) is 0 Å². The number of hydrogen-bond acceptors (Lipinski definition) is 8. The molecule has 2 unspecified atom stereocenters. The standard InChI is InChI=1S/C18H19N5O4S/c24-17(19-7-12-8-23-3-4-28-18(23)20-12)14-5-11(21-22-14)9-25-13-1-2-15-16(6-13)27-10-26-15/h1-4,6,8,11,14,21-22H,5,7,9-10H2,(H,19,24). The summed E-state index contributed by atoms with van der Waals surface area (Å²) in [6.07, 6.45) is 4.51. The number of aromatic nitrogens is 2. The fourth-order valence-electron chi connectivity index (χ4n) is 3.23. The van der Waals surface area contributed by atoms with Gasteiger partial charge in [-0.1, -0.05) is 0 Å². The van der Waals surface area contributed by atoms with Crippen LogP contribution in [0.5, 0.6) is 17.2 Å². The van der Waals surface area contributed by atoms with Gasteiger partial charge in [-0.25, -0.2) is 10.4 Å². The highest BCUT2D eigenvalue weighted by Crippen LogP contribution is 2.35. The van der Waals surface area contributed by atoms with Crippen LogP contribution in [0.3, 0.4) is 0 Å². The molecule has 146 valence electrons. The lowest BCUT2D eigenvalue weighted by Crippen LogP contribution is -2.43. The van der Waals surface area contributed by atoms with Crippen molar-refractivity contribution >= 4 is 22.2 Å². The van der Waals surface area contributed by atoms with E-state index in [0.717, 1.165) is 16.4 Å². The van der Waals surface area contributed by atoms with Crippen molar-refractivity contribution in [1.82, 2.24) is 25.6 Å². The summed E-state index contributed by atoms with van der Waals surface area (Å²) >= 11 is 1.57. The summed E-state index contributed by atoms with van der Waals surface area (Å²) in [6, 6.07) is 5.20. The van der Waals surface area contributed by atoms with Gasteiger partial charge in [0.25, 0.3) is 0 Å². The molecule has 2 aromatic heterocycles. The number of benzene rings is 1. The van der Waals surface area contributed by atoms with Crippen LogP contribution in [0, 0.1) is 0 Å². The number of hydrazine groups is 1. The molecular formula is C18H19N5O4S. The van der Waals surface area contributed by atoms with Gasteiger partial charge in [-0.2, -0.15) is 0 Å². The SMILES string of the molecule is O=C(NCc1cn2ccsc2n1)C1CC(COc2ccc3c(c2)OCO3)NN1. The minimum Gasteiger partial charge on any atom is -0.492 e. The second kappa shape index (κ2) is 7.30. The Morgan fingerprint density at radius 1 is 1.36 bits per heavy atom. The second-order valence-corrected chi connectivity index (χ2v) is 7.52. The first-order chi connectivity index (χ1) is 13.7. The number of thiazole rings is 1. The molecule has 9 nitrogen and oxygen atoms in total. The zero-order valence-corrected chi connectivity index (χ0v) is 15.7. The number of nitrogens with one attached hydrogen (secondary N) is 3. The minimum absolute atomic E-state index is 0.0270. The molecule has 10 heteroatoms. The van der Waals surface area contributed by atoms with Gasteiger partial charge in [-0.15, -0.1) is 11.3 Å². The highest BCUT2D eigenvalue weighted by molar-refractivity contribution is 7.15. The summed E-state index contributed by atoms with van der Waals surface area (Å²) in [5, 5.41) is 4.91. The minimum atomic E-state index is -0.311. The largest absolute Gasteiger partial charge is 0.492 e. The van der Waals surface area contributed by atoms with Gasteiger partial charge >= 0.3 is 0 Å². The Bertz CT molecular complexity index is 974. The van der Waals surface area contributed by atoms with Crippen molar-refractivity contribution in [3.8, 4) is 17.2 Å². The number of nitrogens with zero attached hydrogens (tertiary/aromatic N) is 2. The van der Waals surface area contributed by atoms with E-state index in [1.54, 1.807) is 11.3 Å². The maximum Gasteiger partial charge on any atom is 0.238 e. The maximum absolute atomic E-state index is 12.4. The molecular weight excluding hydrogens is 382 g/mol. The Labute approximate surface area is 164 Å². The topological polar surface area (TPSA) is 98.2 Å². The van der Waals surface area contributed by atoms with E-state index in [1.807, 2.05) is 40.4 Å². The first-order valence-corrected chi connectivity index (χ1v) is 9.85. The molecule has 1 amide bonds. The molecule has 3 aromatic rings. The van der Waals surface area contributed by atoms with Crippen LogP contribution in [0.1, 0.15) is 12.1 Å². The molecule has 1 aromatic carbocycles. The number of carbonyl (C=O) groups is 1. The number of imidazole rings is 1. The van der Waals surface area contributed by atoms with Crippen LogP contribution >= 0.6 is 11.3 Å². The molecule has 0 bridgehead atoms. The monoisotopic (exact) mass is 401 g/mol. The van der Waals surface area contributed by atoms with Gasteiger partial charge in [0.1, 0.15) is 18.4 Å². The van der Waals surface area contributed by atoms with Crippen LogP contribution in [0.4, 0.5) is 0 Å². The number of amides is 1. The first-order valence-electron chi connectivity index (χ1n) is 8.97. The predicted molar refractivity (Wildman–Crippen MR) is 101 cm³/mol. The van der Waals surface area contributed by atoms with E-state index < -0.39 is 0 Å². The Kier molecular flexibility index (Phi) is 4.51. The van der Waals surface area contributed by atoms with Crippen molar-refractivity contribution in [2.75, 3.05) is 13.4 Å². The third kappa shape index (κ3) is 3.49. The van der Waals surface area contributed by atoms with Gasteiger partial charge in [0, 0.05) is 23.8 Å². The molecule has 1 fully saturated rings. The lowest BCUT2D eigenvalue weighted by molar-refractivity contribution is -0.123. The summed E-state index contributed by atoms with van der Waals surface area (Å²) in [6.45, 7) is 1.08. The molecule has 0 saturated carbocycles. The zero-order valence-electron chi connectivity index (χ0n) is 14.9. The lowest BCUT2D eigenvalue weighted by Gasteiger charge is -2.12. The van der Waals surface area contributed by atoms with Gasteiger partial charge in [0.15, 0.2) is 16.5 Å². The molecule has 2 aliphatic rings. The molecule has 1 saturated heterocycles. The third-order valence-electron chi connectivity index (χ3n) is 4.68. The highest BCUT2D eigenvalue weighted by atomic mass is 32.1. The van der Waals surface area contributed by atoms with E-state index >= 15 is 0 Å². The van der Waals surface area contributed by atoms with Gasteiger partial charge in [-0.3, -0.25) is 14.6 Å². The summed E-state index contributed by atoms with van der Waals surface area (Å²) < 4.78 is 18.4. The summed E-state index contributed by atoms with van der Waals surface area (Å²) in [4.78, 5) is 17.8. The fourth-order valence-corrected chi connectivity index (χ4v) is 3.95. The molecule has 28 heavy (non-hydrogen) atoms. The van der Waals surface area contributed by atoms with Gasteiger partial charge in [0.2, 0.25) is 12.7 Å². The molecule has 0 spiro atoms. The fraction of sp³-hybridized carbons (Fsp3) is 0.333. The number of fused-ring (bicyclic) bond motifs is 2. The molecule has 2 atom stereocenters. The van der Waals surface area contributed by atoms with E-state index in [1.165, 1.54) is 0 Å². The van der Waals surface area contributed by atoms with Crippen molar-refractivity contribution in [3.05, 3.63) is 41.7 Å². The number of hydrogen-bond donors (Lipinski definition) is 3. The number of rotatable bonds is 6. The highest BCUT2D eigenvalue weighted by Gasteiger charge is 2.29. The quantitative estimate of drug-likeness (QED) is 0.568. The van der Waals surface area contributed by atoms with Gasteiger partial charge < -0.3 is 19.5 Å². The van der Waals surface area contributed by atoms with E-state index in [-0.39, 0.29) is 24.8 Å². The summed E-state index contributed by atoms with van der Waals surface area (Å²) in [7, 11) is 0. The smallest absolute Gasteiger partial charge is 0.238 e. The predicted octanol–water partition coefficient (Wildman–Crippen LogP) is 1.05. The van der Waals surface area contributed by atoms with Crippen molar-refractivity contribution in [1.29, 1.82) is 0 Å². The first kappa shape index (κ1) is 17.3. The Morgan fingerprint density at radius 2 is 2.29 bits per heavy atom. The average molecular weight is 401 g/mol. The van der Waals surface area contributed by atoms with Gasteiger partial charge in [-0.05, 0) is 18.6 Å². The van der Waals surface area contributed by atoms with Crippen LogP contribution < -0.4 is 30.4 Å². The van der Waals surface area contributed by atoms with Crippen molar-refractivity contribution in [2.45, 2.75) is 25.0 Å². The van der Waals surface area contributed by atoms with Crippen LogP contribution in [-0.4, -0.2) is 40.8 Å². The number of carbonyl (C=O) groups excluding carboxylic acids is 1. The lowest BCUT2D eigenvalue weighted by atomic mass is 10.1. The molecule has 0 radical (unpaired) electrons. The van der Waals surface area contributed by atoms with Crippen LogP contribution in [-0.2, 0) is 11.3 Å². The maximum atomic E-state index is 12.4. The summed E-state index contributed by atoms with van der Waals surface area (Å²) in [5.74, 6) is 2.06. The second-order valence-electron chi connectivity index (χ2n) is 6.64. The van der Waals surface area contributed by atoms with Crippen molar-refractivity contribution < 1.29 is 19.0 Å². The van der Waals surface area contributed by atoms with Crippen molar-refractivity contribution in [2.24, 2.45) is 0 Å². The zero-order chi connectivity index (χ0) is 18.9. The van der Waals surface area contributed by atoms with Crippen LogP contribution in [0.25, 0.3) is 4.96 Å². The Balaban J connectivity index is 1.09. The molecule has 2 aliphatic heterocycles. The molecule has 5 rings (SSSR count). The van der Waals surface area contributed by atoms with Gasteiger partial charge in [0.05, 0.1) is 18.3 Å². The van der Waals surface area contributed by atoms with E-state index in [4.69, 9.17) is 14.2 Å². The third-order valence-corrected chi connectivity index (χ3v) is 5.45. The van der Waals surface area contributed by atoms with E-state index in [9.17, 15) is 4.79 Å². The molecule has 0 aliphatic carbocycles. The van der Waals surface area contributed by atoms with Crippen LogP contribution in [0.15, 0.2) is 36.0 Å². The average Bonchev–Trinajstić information content (AvgIpc) is 3.47. The molecule has 4 heterocycles. The Hall–Kier alpha value is -2.82. The van der Waals surface area contributed by atoms with E-state index in [2.05, 4.69) is 21.2 Å². The number of ether oxygens (including phenoxy) is 3.